The molecule has 178 valence electrons. The van der Waals surface area contributed by atoms with E-state index in [0.29, 0.717) is 16.9 Å². The highest BCUT2D eigenvalue weighted by atomic mass is 16.5. The third kappa shape index (κ3) is 6.13. The van der Waals surface area contributed by atoms with Gasteiger partial charge in [-0.25, -0.2) is 4.79 Å². The number of benzene rings is 3. The first-order valence-corrected chi connectivity index (χ1v) is 11.8. The van der Waals surface area contributed by atoms with E-state index in [9.17, 15) is 9.59 Å². The van der Waals surface area contributed by atoms with Crippen LogP contribution in [0.1, 0.15) is 75.1 Å². The van der Waals surface area contributed by atoms with Crippen molar-refractivity contribution >= 4 is 11.8 Å². The molecule has 0 radical (unpaired) electrons. The SMILES string of the molecule is CCC(C)(C)Oc1ccc(-c2ccc(OC(=O)c3cccc(C(=O)C(C)(C)CC)c3)cc2)cc1. The molecule has 3 aromatic rings. The first-order chi connectivity index (χ1) is 16.0. The van der Waals surface area contributed by atoms with Gasteiger partial charge in [0.1, 0.15) is 17.1 Å². The van der Waals surface area contributed by atoms with Gasteiger partial charge in [-0.15, -0.1) is 0 Å². The Balaban J connectivity index is 1.69. The van der Waals surface area contributed by atoms with Crippen molar-refractivity contribution in [1.82, 2.24) is 0 Å². The molecule has 0 aliphatic rings. The van der Waals surface area contributed by atoms with Gasteiger partial charge in [0.15, 0.2) is 5.78 Å². The van der Waals surface area contributed by atoms with Gasteiger partial charge in [0.2, 0.25) is 0 Å². The lowest BCUT2D eigenvalue weighted by molar-refractivity contribution is 0.0734. The van der Waals surface area contributed by atoms with Crippen LogP contribution < -0.4 is 9.47 Å². The maximum absolute atomic E-state index is 12.7. The smallest absolute Gasteiger partial charge is 0.343 e. The number of esters is 1. The van der Waals surface area contributed by atoms with Crippen molar-refractivity contribution < 1.29 is 19.1 Å². The third-order valence-electron chi connectivity index (χ3n) is 6.36. The van der Waals surface area contributed by atoms with Crippen LogP contribution in [0.4, 0.5) is 0 Å². The van der Waals surface area contributed by atoms with Crippen LogP contribution in [0.3, 0.4) is 0 Å². The second-order valence-electron chi connectivity index (χ2n) is 9.80. The van der Waals surface area contributed by atoms with Gasteiger partial charge < -0.3 is 9.47 Å². The molecule has 0 saturated heterocycles. The minimum absolute atomic E-state index is 0.0173. The lowest BCUT2D eigenvalue weighted by Gasteiger charge is -2.24. The highest BCUT2D eigenvalue weighted by molar-refractivity contribution is 6.02. The topological polar surface area (TPSA) is 52.6 Å². The molecule has 0 aliphatic heterocycles. The molecule has 0 unspecified atom stereocenters. The first-order valence-electron chi connectivity index (χ1n) is 11.8. The van der Waals surface area contributed by atoms with E-state index in [0.717, 1.165) is 29.7 Å². The Kier molecular flexibility index (Phi) is 7.61. The average molecular weight is 459 g/mol. The van der Waals surface area contributed by atoms with Crippen molar-refractivity contribution in [1.29, 1.82) is 0 Å². The molecule has 4 nitrogen and oxygen atoms in total. The maximum atomic E-state index is 12.7. The van der Waals surface area contributed by atoms with E-state index in [1.54, 1.807) is 36.4 Å². The number of ketones is 1. The van der Waals surface area contributed by atoms with Crippen molar-refractivity contribution in [2.24, 2.45) is 5.41 Å². The number of Topliss-reactive ketones (excluding diaryl/α,β-unsaturated/α-hetero) is 1. The molecule has 0 atom stereocenters. The number of rotatable bonds is 9. The standard InChI is InChI=1S/C30H34O4/c1-7-29(3,4)27(31)23-10-9-11-24(20-23)28(32)33-25-16-12-21(13-17-25)22-14-18-26(19-15-22)34-30(5,6)8-2/h9-20H,7-8H2,1-6H3. The van der Waals surface area contributed by atoms with Gasteiger partial charge in [0.25, 0.3) is 0 Å². The molecule has 34 heavy (non-hydrogen) atoms. The Bertz CT molecular complexity index is 1140. The minimum atomic E-state index is -0.489. The van der Waals surface area contributed by atoms with Crippen LogP contribution in [0.15, 0.2) is 72.8 Å². The highest BCUT2D eigenvalue weighted by Gasteiger charge is 2.27. The summed E-state index contributed by atoms with van der Waals surface area (Å²) in [6.45, 7) is 12.0. The highest BCUT2D eigenvalue weighted by Crippen LogP contribution is 2.28. The summed E-state index contributed by atoms with van der Waals surface area (Å²) >= 11 is 0. The molecule has 0 heterocycles. The Morgan fingerprint density at radius 2 is 1.24 bits per heavy atom. The Hall–Kier alpha value is -3.40. The molecule has 0 fully saturated rings. The molecular weight excluding hydrogens is 424 g/mol. The molecule has 0 aromatic heterocycles. The predicted molar refractivity (Wildman–Crippen MR) is 137 cm³/mol. The van der Waals surface area contributed by atoms with Crippen LogP contribution in [0, 0.1) is 5.41 Å². The number of hydrogen-bond donors (Lipinski definition) is 0. The van der Waals surface area contributed by atoms with Crippen molar-refractivity contribution in [3.05, 3.63) is 83.9 Å². The molecule has 3 aromatic carbocycles. The van der Waals surface area contributed by atoms with E-state index in [1.165, 1.54) is 0 Å². The van der Waals surface area contributed by atoms with Gasteiger partial charge >= 0.3 is 5.97 Å². The Morgan fingerprint density at radius 3 is 1.76 bits per heavy atom. The monoisotopic (exact) mass is 458 g/mol. The Morgan fingerprint density at radius 1 is 0.706 bits per heavy atom. The van der Waals surface area contributed by atoms with Crippen molar-refractivity contribution in [2.75, 3.05) is 0 Å². The summed E-state index contributed by atoms with van der Waals surface area (Å²) in [6.07, 6.45) is 1.64. The lowest BCUT2D eigenvalue weighted by Crippen LogP contribution is -2.26. The van der Waals surface area contributed by atoms with E-state index in [1.807, 2.05) is 57.2 Å². The summed E-state index contributed by atoms with van der Waals surface area (Å²) in [5, 5.41) is 0. The fraction of sp³-hybridized carbons (Fsp3) is 0.333. The van der Waals surface area contributed by atoms with E-state index < -0.39 is 11.4 Å². The molecule has 0 amide bonds. The van der Waals surface area contributed by atoms with Crippen LogP contribution in [0.5, 0.6) is 11.5 Å². The van der Waals surface area contributed by atoms with Gasteiger partial charge in [-0.2, -0.15) is 0 Å². The van der Waals surface area contributed by atoms with E-state index in [-0.39, 0.29) is 11.4 Å². The number of carbonyl (C=O) groups is 2. The first kappa shape index (κ1) is 25.2. The van der Waals surface area contributed by atoms with Gasteiger partial charge in [-0.1, -0.05) is 64.1 Å². The summed E-state index contributed by atoms with van der Waals surface area (Å²) in [5.41, 5.74) is 2.25. The normalized spacial score (nSPS) is 11.7. The molecule has 0 N–H and O–H groups in total. The number of ether oxygens (including phenoxy) is 2. The molecule has 0 spiro atoms. The summed E-state index contributed by atoms with van der Waals surface area (Å²) in [4.78, 5) is 25.4. The molecule has 0 saturated carbocycles. The van der Waals surface area contributed by atoms with Crippen molar-refractivity contribution in [3.63, 3.8) is 0 Å². The average Bonchev–Trinajstić information content (AvgIpc) is 2.84. The van der Waals surface area contributed by atoms with E-state index in [2.05, 4.69) is 20.8 Å². The van der Waals surface area contributed by atoms with Crippen LogP contribution in [0.25, 0.3) is 11.1 Å². The van der Waals surface area contributed by atoms with Crippen LogP contribution in [-0.2, 0) is 0 Å². The summed E-state index contributed by atoms with van der Waals surface area (Å²) < 4.78 is 11.6. The molecule has 4 heteroatoms. The molecular formula is C30H34O4. The van der Waals surface area contributed by atoms with E-state index >= 15 is 0 Å². The molecule has 0 aliphatic carbocycles. The predicted octanol–water partition coefficient (Wildman–Crippen LogP) is 7.76. The summed E-state index contributed by atoms with van der Waals surface area (Å²) in [6, 6.07) is 22.1. The van der Waals surface area contributed by atoms with Crippen LogP contribution in [0.2, 0.25) is 0 Å². The quantitative estimate of drug-likeness (QED) is 0.187. The van der Waals surface area contributed by atoms with Crippen molar-refractivity contribution in [3.8, 4) is 22.6 Å². The second kappa shape index (κ2) is 10.3. The van der Waals surface area contributed by atoms with Gasteiger partial charge in [-0.05, 0) is 74.2 Å². The molecule has 0 bridgehead atoms. The fourth-order valence-corrected chi connectivity index (χ4v) is 3.33. The summed E-state index contributed by atoms with van der Waals surface area (Å²) in [5.74, 6) is 0.814. The fourth-order valence-electron chi connectivity index (χ4n) is 3.33. The zero-order chi connectivity index (χ0) is 24.9. The lowest BCUT2D eigenvalue weighted by atomic mass is 9.82. The summed E-state index contributed by atoms with van der Waals surface area (Å²) in [7, 11) is 0. The zero-order valence-electron chi connectivity index (χ0n) is 21.0. The van der Waals surface area contributed by atoms with Gasteiger partial charge in [0, 0.05) is 11.0 Å². The zero-order valence-corrected chi connectivity index (χ0v) is 21.0. The van der Waals surface area contributed by atoms with E-state index in [4.69, 9.17) is 9.47 Å². The maximum Gasteiger partial charge on any atom is 0.343 e. The van der Waals surface area contributed by atoms with Crippen LogP contribution >= 0.6 is 0 Å². The Labute approximate surface area is 202 Å². The molecule has 3 rings (SSSR count). The largest absolute Gasteiger partial charge is 0.488 e. The van der Waals surface area contributed by atoms with Crippen LogP contribution in [-0.4, -0.2) is 17.4 Å². The second-order valence-corrected chi connectivity index (χ2v) is 9.80. The van der Waals surface area contributed by atoms with Crippen molar-refractivity contribution in [2.45, 2.75) is 60.0 Å². The number of carbonyl (C=O) groups excluding carboxylic acids is 2. The third-order valence-corrected chi connectivity index (χ3v) is 6.36. The minimum Gasteiger partial charge on any atom is -0.488 e. The van der Waals surface area contributed by atoms with Gasteiger partial charge in [0.05, 0.1) is 5.56 Å². The van der Waals surface area contributed by atoms with Gasteiger partial charge in [-0.3, -0.25) is 4.79 Å². The number of hydrogen-bond acceptors (Lipinski definition) is 4.